The lowest BCUT2D eigenvalue weighted by molar-refractivity contribution is -0.114. The molecule has 0 aliphatic carbocycles. The molecule has 7 heteroatoms. The fraction of sp³-hybridized carbons (Fsp3) is 0.263. The van der Waals surface area contributed by atoms with Gasteiger partial charge in [-0.15, -0.1) is 0 Å². The Morgan fingerprint density at radius 2 is 1.77 bits per heavy atom. The summed E-state index contributed by atoms with van der Waals surface area (Å²) in [6.45, 7) is 4.80. The molecule has 0 aromatic heterocycles. The molecule has 0 fully saturated rings. The summed E-state index contributed by atoms with van der Waals surface area (Å²) in [6, 6.07) is 11.9. The number of nitrogens with zero attached hydrogens (tertiary/aromatic N) is 1. The number of Topliss-reactive ketones (excluding diaryl/α,β-unsaturated/α-hetero) is 1. The summed E-state index contributed by atoms with van der Waals surface area (Å²) in [5, 5.41) is 2.64. The van der Waals surface area contributed by atoms with Crippen LogP contribution in [0.1, 0.15) is 28.4 Å². The largest absolute Gasteiger partial charge is 0.324 e. The van der Waals surface area contributed by atoms with Crippen molar-refractivity contribution in [2.24, 2.45) is 0 Å². The maximum Gasteiger partial charge on any atom is 0.245 e. The normalized spacial score (nSPS) is 11.1. The molecule has 0 aliphatic heterocycles. The third-order valence-corrected chi connectivity index (χ3v) is 4.99. The highest BCUT2D eigenvalue weighted by Crippen LogP contribution is 2.23. The number of amides is 1. The molecule has 0 heterocycles. The Morgan fingerprint density at radius 3 is 2.35 bits per heavy atom. The van der Waals surface area contributed by atoms with Crippen LogP contribution >= 0.6 is 0 Å². The molecule has 1 N–H and O–H groups in total. The lowest BCUT2D eigenvalue weighted by Crippen LogP contribution is -2.37. The zero-order valence-corrected chi connectivity index (χ0v) is 16.1. The van der Waals surface area contributed by atoms with Gasteiger partial charge in [0.2, 0.25) is 15.9 Å². The molecular formula is C19H22N2O4S. The number of aryl methyl sites for hydroxylation is 2. The lowest BCUT2D eigenvalue weighted by Gasteiger charge is -2.24. The van der Waals surface area contributed by atoms with Crippen LogP contribution < -0.4 is 9.62 Å². The topological polar surface area (TPSA) is 83.6 Å². The maximum atomic E-state index is 12.4. The van der Waals surface area contributed by atoms with Gasteiger partial charge in [0.05, 0.1) is 11.9 Å². The number of carbonyl (C=O) groups is 2. The van der Waals surface area contributed by atoms with E-state index >= 15 is 0 Å². The molecule has 0 saturated carbocycles. The predicted molar refractivity (Wildman–Crippen MR) is 103 cm³/mol. The van der Waals surface area contributed by atoms with E-state index in [1.807, 2.05) is 13.0 Å². The molecule has 138 valence electrons. The second kappa shape index (κ2) is 7.70. The van der Waals surface area contributed by atoms with Gasteiger partial charge in [0.1, 0.15) is 6.54 Å². The van der Waals surface area contributed by atoms with Gasteiger partial charge in [-0.3, -0.25) is 13.9 Å². The van der Waals surface area contributed by atoms with E-state index in [2.05, 4.69) is 5.32 Å². The van der Waals surface area contributed by atoms with Crippen LogP contribution in [0, 0.1) is 13.8 Å². The SMILES string of the molecule is CC(=O)c1cccc(NC(=O)CN(c2ccc(C)cc2C)S(C)(=O)=O)c1. The van der Waals surface area contributed by atoms with Gasteiger partial charge in [0.15, 0.2) is 5.78 Å². The summed E-state index contributed by atoms with van der Waals surface area (Å²) in [7, 11) is -3.64. The summed E-state index contributed by atoms with van der Waals surface area (Å²) in [5.74, 6) is -0.606. The number of benzene rings is 2. The molecule has 2 aromatic rings. The average Bonchev–Trinajstić information content (AvgIpc) is 2.52. The van der Waals surface area contributed by atoms with Crippen LogP contribution in [-0.2, 0) is 14.8 Å². The Bertz CT molecular complexity index is 952. The van der Waals surface area contributed by atoms with Crippen molar-refractivity contribution < 1.29 is 18.0 Å². The first-order valence-corrected chi connectivity index (χ1v) is 9.88. The second-order valence-corrected chi connectivity index (χ2v) is 8.15. The van der Waals surface area contributed by atoms with Crippen molar-refractivity contribution >= 4 is 33.1 Å². The van der Waals surface area contributed by atoms with Gasteiger partial charge in [-0.1, -0.05) is 29.8 Å². The molecule has 0 unspecified atom stereocenters. The standard InChI is InChI=1S/C19H22N2O4S/c1-13-8-9-18(14(2)10-13)21(26(4,24)25)12-19(23)20-17-7-5-6-16(11-17)15(3)22/h5-11H,12H2,1-4H3,(H,20,23). The van der Waals surface area contributed by atoms with Gasteiger partial charge >= 0.3 is 0 Å². The molecule has 0 spiro atoms. The Kier molecular flexibility index (Phi) is 5.82. The van der Waals surface area contributed by atoms with Crippen molar-refractivity contribution in [2.75, 3.05) is 22.4 Å². The van der Waals surface area contributed by atoms with Crippen LogP contribution in [0.2, 0.25) is 0 Å². The Labute approximate surface area is 153 Å². The van der Waals surface area contributed by atoms with Gasteiger partial charge in [-0.25, -0.2) is 8.42 Å². The van der Waals surface area contributed by atoms with Crippen LogP contribution in [-0.4, -0.2) is 32.9 Å². The molecule has 0 saturated heterocycles. The molecule has 0 aliphatic rings. The smallest absolute Gasteiger partial charge is 0.245 e. The average molecular weight is 374 g/mol. The monoisotopic (exact) mass is 374 g/mol. The zero-order chi connectivity index (χ0) is 19.5. The highest BCUT2D eigenvalue weighted by atomic mass is 32.2. The molecule has 6 nitrogen and oxygen atoms in total. The van der Waals surface area contributed by atoms with E-state index in [1.165, 1.54) is 6.92 Å². The lowest BCUT2D eigenvalue weighted by atomic mass is 10.1. The van der Waals surface area contributed by atoms with E-state index in [9.17, 15) is 18.0 Å². The van der Waals surface area contributed by atoms with Crippen LogP contribution in [0.15, 0.2) is 42.5 Å². The zero-order valence-electron chi connectivity index (χ0n) is 15.2. The number of hydrogen-bond acceptors (Lipinski definition) is 4. The van der Waals surface area contributed by atoms with Crippen LogP contribution in [0.25, 0.3) is 0 Å². The Morgan fingerprint density at radius 1 is 1.08 bits per heavy atom. The van der Waals surface area contributed by atoms with E-state index < -0.39 is 15.9 Å². The van der Waals surface area contributed by atoms with Crippen LogP contribution in [0.3, 0.4) is 0 Å². The fourth-order valence-corrected chi connectivity index (χ4v) is 3.53. The minimum absolute atomic E-state index is 0.117. The summed E-state index contributed by atoms with van der Waals surface area (Å²) < 4.78 is 25.5. The molecule has 2 rings (SSSR count). The first-order chi connectivity index (χ1) is 12.1. The number of anilines is 2. The molecule has 0 radical (unpaired) electrons. The minimum Gasteiger partial charge on any atom is -0.324 e. The van der Waals surface area contributed by atoms with Gasteiger partial charge in [-0.05, 0) is 44.5 Å². The number of nitrogens with one attached hydrogen (secondary N) is 1. The predicted octanol–water partition coefficient (Wildman–Crippen LogP) is 2.91. The highest BCUT2D eigenvalue weighted by Gasteiger charge is 2.22. The highest BCUT2D eigenvalue weighted by molar-refractivity contribution is 7.92. The number of ketones is 1. The molecule has 2 aromatic carbocycles. The molecule has 1 amide bonds. The van der Waals surface area contributed by atoms with E-state index in [0.29, 0.717) is 16.9 Å². The number of carbonyl (C=O) groups excluding carboxylic acids is 2. The van der Waals surface area contributed by atoms with Gasteiger partial charge in [0.25, 0.3) is 0 Å². The number of rotatable bonds is 6. The van der Waals surface area contributed by atoms with E-state index in [-0.39, 0.29) is 12.3 Å². The van der Waals surface area contributed by atoms with E-state index in [1.54, 1.807) is 43.3 Å². The van der Waals surface area contributed by atoms with Crippen molar-refractivity contribution in [3.63, 3.8) is 0 Å². The summed E-state index contributed by atoms with van der Waals surface area (Å²) in [4.78, 5) is 23.8. The van der Waals surface area contributed by atoms with Gasteiger partial charge < -0.3 is 5.32 Å². The summed E-state index contributed by atoms with van der Waals surface area (Å²) in [5.41, 5.74) is 3.15. The van der Waals surface area contributed by atoms with Crippen molar-refractivity contribution in [1.82, 2.24) is 0 Å². The molecule has 0 atom stereocenters. The fourth-order valence-electron chi connectivity index (χ4n) is 2.61. The minimum atomic E-state index is -3.64. The number of hydrogen-bond donors (Lipinski definition) is 1. The summed E-state index contributed by atoms with van der Waals surface area (Å²) >= 11 is 0. The van der Waals surface area contributed by atoms with E-state index in [4.69, 9.17) is 0 Å². The van der Waals surface area contributed by atoms with Gasteiger partial charge in [-0.2, -0.15) is 0 Å². The molecule has 26 heavy (non-hydrogen) atoms. The van der Waals surface area contributed by atoms with Crippen molar-refractivity contribution in [3.8, 4) is 0 Å². The first kappa shape index (κ1) is 19.7. The molecule has 0 bridgehead atoms. The van der Waals surface area contributed by atoms with Gasteiger partial charge in [0, 0.05) is 11.3 Å². The maximum absolute atomic E-state index is 12.4. The first-order valence-electron chi connectivity index (χ1n) is 8.04. The van der Waals surface area contributed by atoms with Crippen molar-refractivity contribution in [1.29, 1.82) is 0 Å². The van der Waals surface area contributed by atoms with Crippen LogP contribution in [0.4, 0.5) is 11.4 Å². The van der Waals surface area contributed by atoms with Crippen molar-refractivity contribution in [3.05, 3.63) is 59.2 Å². The number of sulfonamides is 1. The van der Waals surface area contributed by atoms with E-state index in [0.717, 1.165) is 21.7 Å². The summed E-state index contributed by atoms with van der Waals surface area (Å²) in [6.07, 6.45) is 1.07. The Hall–Kier alpha value is -2.67. The van der Waals surface area contributed by atoms with Crippen LogP contribution in [0.5, 0.6) is 0 Å². The second-order valence-electron chi connectivity index (χ2n) is 6.24. The molecular weight excluding hydrogens is 352 g/mol. The quantitative estimate of drug-likeness (QED) is 0.788. The van der Waals surface area contributed by atoms with Crippen molar-refractivity contribution in [2.45, 2.75) is 20.8 Å². The third-order valence-electron chi connectivity index (χ3n) is 3.86. The Balaban J connectivity index is 2.25. The third kappa shape index (κ3) is 4.92.